The number of hydrogen-bond donors (Lipinski definition) is 0. The Morgan fingerprint density at radius 2 is 1.66 bits per heavy atom. The van der Waals surface area contributed by atoms with E-state index in [1.807, 2.05) is 72.8 Å². The zero-order chi connectivity index (χ0) is 20.1. The highest BCUT2D eigenvalue weighted by molar-refractivity contribution is 6.30. The maximum atomic E-state index is 6.02. The van der Waals surface area contributed by atoms with Gasteiger partial charge in [0.05, 0.1) is 13.5 Å². The zero-order valence-corrected chi connectivity index (χ0v) is 16.6. The second-order valence-corrected chi connectivity index (χ2v) is 6.91. The Balaban J connectivity index is 1.39. The third kappa shape index (κ3) is 4.95. The van der Waals surface area contributed by atoms with E-state index in [1.54, 1.807) is 7.11 Å². The molecule has 0 saturated carbocycles. The molecule has 29 heavy (non-hydrogen) atoms. The Morgan fingerprint density at radius 3 is 2.45 bits per heavy atom. The molecule has 0 radical (unpaired) electrons. The monoisotopic (exact) mass is 406 g/mol. The van der Waals surface area contributed by atoms with E-state index < -0.39 is 0 Å². The summed E-state index contributed by atoms with van der Waals surface area (Å²) in [4.78, 5) is 0. The van der Waals surface area contributed by atoms with Crippen LogP contribution in [0.3, 0.4) is 0 Å². The molecule has 0 saturated heterocycles. The number of benzene rings is 3. The Morgan fingerprint density at radius 1 is 0.862 bits per heavy atom. The molecular formula is C23H19ClN2O3. The van der Waals surface area contributed by atoms with E-state index in [1.165, 1.54) is 0 Å². The molecular weight excluding hydrogens is 388 g/mol. The van der Waals surface area contributed by atoms with Crippen molar-refractivity contribution in [1.82, 2.24) is 10.2 Å². The lowest BCUT2D eigenvalue weighted by molar-refractivity contribution is 0.303. The molecule has 0 atom stereocenters. The number of halogens is 1. The van der Waals surface area contributed by atoms with Gasteiger partial charge in [-0.05, 0) is 47.5 Å². The lowest BCUT2D eigenvalue weighted by Gasteiger charge is -2.08. The first kappa shape index (κ1) is 19.0. The summed E-state index contributed by atoms with van der Waals surface area (Å²) in [6.07, 6.45) is 0.542. The minimum absolute atomic E-state index is 0.456. The van der Waals surface area contributed by atoms with Crippen LogP contribution in [-0.2, 0) is 13.0 Å². The molecule has 3 aromatic carbocycles. The molecule has 0 unspecified atom stereocenters. The SMILES string of the molecule is COc1cccc(OCc2ccc(-c3nnc(Cc4cccc(Cl)c4)o3)cc2)c1. The van der Waals surface area contributed by atoms with Crippen molar-refractivity contribution >= 4 is 11.6 Å². The van der Waals surface area contributed by atoms with Gasteiger partial charge in [-0.15, -0.1) is 10.2 Å². The van der Waals surface area contributed by atoms with Gasteiger partial charge in [-0.25, -0.2) is 0 Å². The zero-order valence-electron chi connectivity index (χ0n) is 15.8. The van der Waals surface area contributed by atoms with Gasteiger partial charge in [0.25, 0.3) is 0 Å². The topological polar surface area (TPSA) is 57.4 Å². The van der Waals surface area contributed by atoms with E-state index in [-0.39, 0.29) is 0 Å². The Kier molecular flexibility index (Phi) is 5.77. The third-order valence-electron chi connectivity index (χ3n) is 4.36. The average molecular weight is 407 g/mol. The van der Waals surface area contributed by atoms with Crippen molar-refractivity contribution in [2.24, 2.45) is 0 Å². The van der Waals surface area contributed by atoms with Crippen LogP contribution in [0.1, 0.15) is 17.0 Å². The van der Waals surface area contributed by atoms with Crippen LogP contribution in [0.15, 0.2) is 77.2 Å². The van der Waals surface area contributed by atoms with Crippen LogP contribution in [0.2, 0.25) is 5.02 Å². The van der Waals surface area contributed by atoms with Crippen molar-refractivity contribution < 1.29 is 13.9 Å². The summed E-state index contributed by atoms with van der Waals surface area (Å²) in [5, 5.41) is 8.98. The van der Waals surface area contributed by atoms with Gasteiger partial charge in [0.2, 0.25) is 11.8 Å². The molecule has 0 aliphatic heterocycles. The average Bonchev–Trinajstić information content (AvgIpc) is 3.21. The van der Waals surface area contributed by atoms with Gasteiger partial charge < -0.3 is 13.9 Å². The van der Waals surface area contributed by atoms with Crippen LogP contribution in [-0.4, -0.2) is 17.3 Å². The minimum atomic E-state index is 0.456. The quantitative estimate of drug-likeness (QED) is 0.401. The first-order valence-electron chi connectivity index (χ1n) is 9.12. The highest BCUT2D eigenvalue weighted by Gasteiger charge is 2.10. The summed E-state index contributed by atoms with van der Waals surface area (Å²) >= 11 is 6.02. The van der Waals surface area contributed by atoms with E-state index >= 15 is 0 Å². The summed E-state index contributed by atoms with van der Waals surface area (Å²) in [5.74, 6) is 2.56. The summed E-state index contributed by atoms with van der Waals surface area (Å²) < 4.78 is 16.8. The fourth-order valence-corrected chi connectivity index (χ4v) is 3.08. The third-order valence-corrected chi connectivity index (χ3v) is 4.59. The van der Waals surface area contributed by atoms with Gasteiger partial charge in [0.15, 0.2) is 0 Å². The Bertz CT molecular complexity index is 1090. The molecule has 0 bridgehead atoms. The largest absolute Gasteiger partial charge is 0.497 e. The van der Waals surface area contributed by atoms with Crippen LogP contribution in [0.5, 0.6) is 11.5 Å². The molecule has 6 heteroatoms. The maximum Gasteiger partial charge on any atom is 0.247 e. The number of hydrogen-bond acceptors (Lipinski definition) is 5. The van der Waals surface area contributed by atoms with Crippen molar-refractivity contribution in [2.75, 3.05) is 7.11 Å². The molecule has 146 valence electrons. The van der Waals surface area contributed by atoms with Crippen LogP contribution in [0, 0.1) is 0 Å². The van der Waals surface area contributed by atoms with Crippen LogP contribution in [0.4, 0.5) is 0 Å². The van der Waals surface area contributed by atoms with Gasteiger partial charge in [0, 0.05) is 16.7 Å². The van der Waals surface area contributed by atoms with Crippen LogP contribution in [0.25, 0.3) is 11.5 Å². The van der Waals surface area contributed by atoms with E-state index in [9.17, 15) is 0 Å². The molecule has 0 fully saturated rings. The predicted molar refractivity (Wildman–Crippen MR) is 111 cm³/mol. The van der Waals surface area contributed by atoms with Crippen molar-refractivity contribution in [3.05, 3.63) is 94.8 Å². The number of aromatic nitrogens is 2. The van der Waals surface area contributed by atoms with E-state index in [0.29, 0.717) is 29.8 Å². The van der Waals surface area contributed by atoms with E-state index in [0.717, 1.165) is 28.2 Å². The van der Waals surface area contributed by atoms with Gasteiger partial charge >= 0.3 is 0 Å². The fourth-order valence-electron chi connectivity index (χ4n) is 2.86. The maximum absolute atomic E-state index is 6.02. The fraction of sp³-hybridized carbons (Fsp3) is 0.130. The van der Waals surface area contributed by atoms with Crippen LogP contribution >= 0.6 is 11.6 Å². The van der Waals surface area contributed by atoms with E-state index in [4.69, 9.17) is 25.5 Å². The summed E-state index contributed by atoms with van der Waals surface area (Å²) in [6, 6.07) is 23.0. The highest BCUT2D eigenvalue weighted by Crippen LogP contribution is 2.23. The van der Waals surface area contributed by atoms with Gasteiger partial charge in [0.1, 0.15) is 18.1 Å². The van der Waals surface area contributed by atoms with Gasteiger partial charge in [-0.3, -0.25) is 0 Å². The molecule has 0 N–H and O–H groups in total. The standard InChI is InChI=1S/C23H19ClN2O3/c1-27-20-6-3-7-21(14-20)28-15-16-8-10-18(11-9-16)23-26-25-22(29-23)13-17-4-2-5-19(24)12-17/h2-12,14H,13,15H2,1H3. The molecule has 0 amide bonds. The van der Waals surface area contributed by atoms with Crippen molar-refractivity contribution in [3.8, 4) is 23.0 Å². The normalized spacial score (nSPS) is 10.7. The smallest absolute Gasteiger partial charge is 0.247 e. The second-order valence-electron chi connectivity index (χ2n) is 6.47. The van der Waals surface area contributed by atoms with Crippen molar-refractivity contribution in [1.29, 1.82) is 0 Å². The minimum Gasteiger partial charge on any atom is -0.497 e. The van der Waals surface area contributed by atoms with Crippen LogP contribution < -0.4 is 9.47 Å². The first-order chi connectivity index (χ1) is 14.2. The molecule has 5 nitrogen and oxygen atoms in total. The molecule has 0 aliphatic carbocycles. The van der Waals surface area contributed by atoms with Gasteiger partial charge in [-0.1, -0.05) is 41.9 Å². The summed E-state index contributed by atoms with van der Waals surface area (Å²) in [5.41, 5.74) is 2.92. The second kappa shape index (κ2) is 8.80. The molecule has 1 aromatic heterocycles. The number of rotatable bonds is 7. The number of methoxy groups -OCH3 is 1. The molecule has 4 aromatic rings. The Labute approximate surface area is 173 Å². The predicted octanol–water partition coefficient (Wildman–Crippen LogP) is 5.57. The number of ether oxygens (including phenoxy) is 2. The molecule has 0 spiro atoms. The summed E-state index contributed by atoms with van der Waals surface area (Å²) in [7, 11) is 1.63. The van der Waals surface area contributed by atoms with Crippen molar-refractivity contribution in [3.63, 3.8) is 0 Å². The van der Waals surface area contributed by atoms with E-state index in [2.05, 4.69) is 10.2 Å². The molecule has 1 heterocycles. The highest BCUT2D eigenvalue weighted by atomic mass is 35.5. The van der Waals surface area contributed by atoms with Crippen molar-refractivity contribution in [2.45, 2.75) is 13.0 Å². The Hall–Kier alpha value is -3.31. The lowest BCUT2D eigenvalue weighted by Crippen LogP contribution is -1.95. The van der Waals surface area contributed by atoms with Gasteiger partial charge in [-0.2, -0.15) is 0 Å². The summed E-state index contributed by atoms with van der Waals surface area (Å²) in [6.45, 7) is 0.456. The first-order valence-corrected chi connectivity index (χ1v) is 9.50. The number of nitrogens with zero attached hydrogens (tertiary/aromatic N) is 2. The molecule has 4 rings (SSSR count). The molecule has 0 aliphatic rings. The lowest BCUT2D eigenvalue weighted by atomic mass is 10.1.